The van der Waals surface area contributed by atoms with Gasteiger partial charge in [0, 0.05) is 18.7 Å². The highest BCUT2D eigenvalue weighted by molar-refractivity contribution is 5.82. The molecule has 6 nitrogen and oxygen atoms in total. The number of hydrogen-bond acceptors (Lipinski definition) is 4. The number of halogens is 1. The van der Waals surface area contributed by atoms with Gasteiger partial charge in [-0.3, -0.25) is 14.3 Å². The van der Waals surface area contributed by atoms with E-state index in [1.807, 2.05) is 0 Å². The molecule has 1 aromatic carbocycles. The molecule has 0 radical (unpaired) electrons. The lowest BCUT2D eigenvalue weighted by Crippen LogP contribution is -2.29. The monoisotopic (exact) mass is 400 g/mol. The van der Waals surface area contributed by atoms with E-state index in [2.05, 4.69) is 11.8 Å². The average molecular weight is 400 g/mol. The SMILES string of the molecule is CC#Cc1cc(F)c(-c2c(OC(=O)C(C)(C)C)n3n(c2=O)CCCC3)c(OC)c1. The van der Waals surface area contributed by atoms with E-state index in [0.29, 0.717) is 18.7 Å². The molecule has 0 unspecified atom stereocenters. The minimum atomic E-state index is -0.784. The molecular formula is C22H25FN2O4. The van der Waals surface area contributed by atoms with Crippen molar-refractivity contribution >= 4 is 5.97 Å². The summed E-state index contributed by atoms with van der Waals surface area (Å²) in [6.07, 6.45) is 1.65. The van der Waals surface area contributed by atoms with E-state index in [-0.39, 0.29) is 22.8 Å². The summed E-state index contributed by atoms with van der Waals surface area (Å²) in [5.41, 5.74) is -0.788. The van der Waals surface area contributed by atoms with Gasteiger partial charge in [-0.25, -0.2) is 9.07 Å². The Morgan fingerprint density at radius 2 is 1.79 bits per heavy atom. The Morgan fingerprint density at radius 1 is 1.14 bits per heavy atom. The van der Waals surface area contributed by atoms with E-state index in [9.17, 15) is 9.59 Å². The highest BCUT2D eigenvalue weighted by Gasteiger charge is 2.33. The summed E-state index contributed by atoms with van der Waals surface area (Å²) in [6, 6.07) is 2.83. The lowest BCUT2D eigenvalue weighted by molar-refractivity contribution is -0.143. The number of benzene rings is 1. The van der Waals surface area contributed by atoms with Gasteiger partial charge in [-0.05, 0) is 52.7 Å². The van der Waals surface area contributed by atoms with Crippen LogP contribution in [0.15, 0.2) is 16.9 Å². The van der Waals surface area contributed by atoms with Gasteiger partial charge in [-0.2, -0.15) is 0 Å². The fourth-order valence-electron chi connectivity index (χ4n) is 3.30. The number of nitrogens with zero attached hydrogens (tertiary/aromatic N) is 2. The smallest absolute Gasteiger partial charge is 0.317 e. The Morgan fingerprint density at radius 3 is 2.38 bits per heavy atom. The van der Waals surface area contributed by atoms with Crippen molar-refractivity contribution in [3.8, 4) is 34.6 Å². The second-order valence-corrected chi connectivity index (χ2v) is 7.99. The van der Waals surface area contributed by atoms with Crippen LogP contribution in [0.5, 0.6) is 11.6 Å². The lowest BCUT2D eigenvalue weighted by Gasteiger charge is -2.21. The Labute approximate surface area is 169 Å². The zero-order chi connectivity index (χ0) is 21.3. The fraction of sp³-hybridized carbons (Fsp3) is 0.455. The highest BCUT2D eigenvalue weighted by atomic mass is 19.1. The number of fused-ring (bicyclic) bond motifs is 1. The molecule has 0 saturated heterocycles. The Bertz CT molecular complexity index is 1080. The highest BCUT2D eigenvalue weighted by Crippen LogP contribution is 2.39. The maximum Gasteiger partial charge on any atom is 0.317 e. The standard InChI is InChI=1S/C22H25FN2O4/c1-6-9-14-12-15(23)17(16(13-14)28-5)18-19(26)24-10-7-8-11-25(24)20(18)29-21(27)22(2,3)4/h12-13H,7-8,10-11H2,1-5H3. The second kappa shape index (κ2) is 7.78. The molecule has 7 heteroatoms. The summed E-state index contributed by atoms with van der Waals surface area (Å²) in [4.78, 5) is 25.8. The van der Waals surface area contributed by atoms with E-state index < -0.39 is 22.8 Å². The van der Waals surface area contributed by atoms with Gasteiger partial charge in [0.1, 0.15) is 17.1 Å². The minimum Gasteiger partial charge on any atom is -0.496 e. The van der Waals surface area contributed by atoms with Gasteiger partial charge in [0.2, 0.25) is 5.88 Å². The number of esters is 1. The van der Waals surface area contributed by atoms with Crippen LogP contribution in [0.4, 0.5) is 4.39 Å². The van der Waals surface area contributed by atoms with Crippen molar-refractivity contribution in [2.24, 2.45) is 5.41 Å². The minimum absolute atomic E-state index is 0.00476. The molecule has 0 fully saturated rings. The third-order valence-corrected chi connectivity index (χ3v) is 4.77. The molecule has 3 rings (SSSR count). The number of carbonyl (C=O) groups excluding carboxylic acids is 1. The van der Waals surface area contributed by atoms with Crippen molar-refractivity contribution in [3.63, 3.8) is 0 Å². The predicted octanol–water partition coefficient (Wildman–Crippen LogP) is 3.58. The summed E-state index contributed by atoms with van der Waals surface area (Å²) in [6.45, 7) is 7.79. The summed E-state index contributed by atoms with van der Waals surface area (Å²) < 4.78 is 29.3. The summed E-state index contributed by atoms with van der Waals surface area (Å²) in [5, 5.41) is 0. The Hall–Kier alpha value is -3.01. The molecule has 0 bridgehead atoms. The van der Waals surface area contributed by atoms with Gasteiger partial charge in [0.15, 0.2) is 0 Å². The number of hydrogen-bond donors (Lipinski definition) is 0. The quantitative estimate of drug-likeness (QED) is 0.584. The molecule has 154 valence electrons. The molecule has 29 heavy (non-hydrogen) atoms. The van der Waals surface area contributed by atoms with E-state index in [4.69, 9.17) is 9.47 Å². The maximum atomic E-state index is 15.2. The van der Waals surface area contributed by atoms with Crippen molar-refractivity contribution in [2.75, 3.05) is 7.11 Å². The van der Waals surface area contributed by atoms with Gasteiger partial charge in [0.25, 0.3) is 5.56 Å². The van der Waals surface area contributed by atoms with Crippen molar-refractivity contribution in [1.29, 1.82) is 0 Å². The van der Waals surface area contributed by atoms with E-state index in [1.54, 1.807) is 38.4 Å². The molecule has 1 aliphatic heterocycles. The average Bonchev–Trinajstić information content (AvgIpc) is 2.93. The maximum absolute atomic E-state index is 15.2. The first-order valence-corrected chi connectivity index (χ1v) is 9.55. The van der Waals surface area contributed by atoms with Crippen LogP contribution in [0.25, 0.3) is 11.1 Å². The predicted molar refractivity (Wildman–Crippen MR) is 108 cm³/mol. The number of aromatic nitrogens is 2. The molecule has 0 N–H and O–H groups in total. The van der Waals surface area contributed by atoms with Crippen LogP contribution >= 0.6 is 0 Å². The number of rotatable bonds is 3. The largest absolute Gasteiger partial charge is 0.496 e. The van der Waals surface area contributed by atoms with E-state index >= 15 is 4.39 Å². The van der Waals surface area contributed by atoms with E-state index in [1.165, 1.54) is 17.9 Å². The van der Waals surface area contributed by atoms with Crippen molar-refractivity contribution in [3.05, 3.63) is 33.9 Å². The van der Waals surface area contributed by atoms with Crippen molar-refractivity contribution in [1.82, 2.24) is 9.36 Å². The van der Waals surface area contributed by atoms with Gasteiger partial charge >= 0.3 is 5.97 Å². The van der Waals surface area contributed by atoms with Crippen LogP contribution in [-0.2, 0) is 17.9 Å². The lowest BCUT2D eigenvalue weighted by atomic mass is 9.97. The van der Waals surface area contributed by atoms with Crippen LogP contribution in [0.2, 0.25) is 0 Å². The van der Waals surface area contributed by atoms with Gasteiger partial charge in [-0.15, -0.1) is 5.92 Å². The summed E-state index contributed by atoms with van der Waals surface area (Å²) in [7, 11) is 1.40. The molecule has 0 spiro atoms. The Kier molecular flexibility index (Phi) is 5.56. The molecular weight excluding hydrogens is 375 g/mol. The van der Waals surface area contributed by atoms with Gasteiger partial charge in [-0.1, -0.05) is 5.92 Å². The molecule has 1 aliphatic rings. The molecule has 0 aliphatic carbocycles. The first-order chi connectivity index (χ1) is 13.7. The van der Waals surface area contributed by atoms with E-state index in [0.717, 1.165) is 12.8 Å². The molecule has 0 saturated carbocycles. The molecule has 2 aromatic rings. The van der Waals surface area contributed by atoms with Crippen molar-refractivity contribution < 1.29 is 18.7 Å². The van der Waals surface area contributed by atoms with Crippen LogP contribution in [0, 0.1) is 23.1 Å². The number of carbonyl (C=O) groups is 1. The summed E-state index contributed by atoms with van der Waals surface area (Å²) in [5.74, 6) is 4.57. The second-order valence-electron chi connectivity index (χ2n) is 7.99. The van der Waals surface area contributed by atoms with Crippen LogP contribution in [0.3, 0.4) is 0 Å². The molecule has 0 atom stereocenters. The van der Waals surface area contributed by atoms with Gasteiger partial charge < -0.3 is 9.47 Å². The molecule has 2 heterocycles. The fourth-order valence-corrected chi connectivity index (χ4v) is 3.30. The third-order valence-electron chi connectivity index (χ3n) is 4.77. The normalized spacial score (nSPS) is 13.3. The number of ether oxygens (including phenoxy) is 2. The van der Waals surface area contributed by atoms with Gasteiger partial charge in [0.05, 0.1) is 18.1 Å². The third kappa shape index (κ3) is 3.80. The van der Waals surface area contributed by atoms with Crippen LogP contribution in [-0.4, -0.2) is 22.4 Å². The zero-order valence-electron chi connectivity index (χ0n) is 17.4. The first-order valence-electron chi connectivity index (χ1n) is 9.55. The zero-order valence-corrected chi connectivity index (χ0v) is 17.4. The van der Waals surface area contributed by atoms with Crippen molar-refractivity contribution in [2.45, 2.75) is 53.6 Å². The first kappa shape index (κ1) is 20.7. The summed E-state index contributed by atoms with van der Waals surface area (Å²) >= 11 is 0. The molecule has 1 aromatic heterocycles. The number of methoxy groups -OCH3 is 1. The van der Waals surface area contributed by atoms with Crippen LogP contribution in [0.1, 0.15) is 46.1 Å². The Balaban J connectivity index is 2.30. The van der Waals surface area contributed by atoms with Crippen LogP contribution < -0.4 is 15.0 Å². The molecule has 0 amide bonds. The topological polar surface area (TPSA) is 62.5 Å².